The van der Waals surface area contributed by atoms with Gasteiger partial charge in [-0.1, -0.05) is 49.1 Å². The second kappa shape index (κ2) is 6.40. The molecule has 1 aromatic carbocycles. The lowest BCUT2D eigenvalue weighted by atomic mass is 9.95. The number of thiazole rings is 1. The molecule has 1 aliphatic carbocycles. The number of amides is 1. The standard InChI is InChI=1S/C19H21N3OS/c1-13-7-9-14(10-8-13)16-11-22-17(12-24-19(22)21-16)18(23)20-15-5-3-2-4-6-15/h7-12,15H,2-6H2,1H3,(H,20,23). The van der Waals surface area contributed by atoms with E-state index in [-0.39, 0.29) is 5.91 Å². The van der Waals surface area contributed by atoms with E-state index in [1.54, 1.807) is 0 Å². The molecule has 1 aliphatic rings. The summed E-state index contributed by atoms with van der Waals surface area (Å²) in [7, 11) is 0. The Bertz CT molecular complexity index is 857. The van der Waals surface area contributed by atoms with Gasteiger partial charge in [-0.15, -0.1) is 11.3 Å². The highest BCUT2D eigenvalue weighted by atomic mass is 32.1. The van der Waals surface area contributed by atoms with Crippen LogP contribution in [0.15, 0.2) is 35.8 Å². The van der Waals surface area contributed by atoms with Crippen molar-refractivity contribution < 1.29 is 4.79 Å². The number of hydrogen-bond donors (Lipinski definition) is 1. The van der Waals surface area contributed by atoms with E-state index >= 15 is 0 Å². The molecular weight excluding hydrogens is 318 g/mol. The minimum absolute atomic E-state index is 0.0148. The molecule has 0 atom stereocenters. The van der Waals surface area contributed by atoms with Crippen molar-refractivity contribution >= 4 is 22.2 Å². The monoisotopic (exact) mass is 339 g/mol. The van der Waals surface area contributed by atoms with Crippen LogP contribution in [0.2, 0.25) is 0 Å². The van der Waals surface area contributed by atoms with Crippen molar-refractivity contribution in [2.75, 3.05) is 0 Å². The maximum Gasteiger partial charge on any atom is 0.269 e. The molecule has 1 saturated carbocycles. The van der Waals surface area contributed by atoms with Crippen LogP contribution in [0, 0.1) is 6.92 Å². The van der Waals surface area contributed by atoms with Crippen LogP contribution < -0.4 is 5.32 Å². The van der Waals surface area contributed by atoms with Crippen molar-refractivity contribution in [1.29, 1.82) is 0 Å². The van der Waals surface area contributed by atoms with Crippen LogP contribution in [0.5, 0.6) is 0 Å². The van der Waals surface area contributed by atoms with Gasteiger partial charge in [0.15, 0.2) is 4.96 Å². The second-order valence-corrected chi connectivity index (χ2v) is 7.41. The average Bonchev–Trinajstić information content (AvgIpc) is 3.17. The summed E-state index contributed by atoms with van der Waals surface area (Å²) in [5.41, 5.74) is 3.91. The van der Waals surface area contributed by atoms with Crippen LogP contribution in [-0.2, 0) is 0 Å². The lowest BCUT2D eigenvalue weighted by molar-refractivity contribution is 0.0922. The van der Waals surface area contributed by atoms with E-state index in [4.69, 9.17) is 0 Å². The lowest BCUT2D eigenvalue weighted by Crippen LogP contribution is -2.36. The lowest BCUT2D eigenvalue weighted by Gasteiger charge is -2.22. The average molecular weight is 339 g/mol. The number of fused-ring (bicyclic) bond motifs is 1. The van der Waals surface area contributed by atoms with E-state index in [1.807, 2.05) is 16.0 Å². The summed E-state index contributed by atoms with van der Waals surface area (Å²) >= 11 is 1.51. The number of benzene rings is 1. The number of nitrogens with zero attached hydrogens (tertiary/aromatic N) is 2. The van der Waals surface area contributed by atoms with Crippen molar-refractivity contribution in [2.24, 2.45) is 0 Å². The smallest absolute Gasteiger partial charge is 0.269 e. The van der Waals surface area contributed by atoms with E-state index < -0.39 is 0 Å². The normalized spacial score (nSPS) is 15.7. The summed E-state index contributed by atoms with van der Waals surface area (Å²) in [6, 6.07) is 8.63. The third-order valence-corrected chi connectivity index (χ3v) is 5.57. The molecule has 2 heterocycles. The Hall–Kier alpha value is -2.14. The van der Waals surface area contributed by atoms with Gasteiger partial charge in [-0.3, -0.25) is 9.20 Å². The fourth-order valence-electron chi connectivity index (χ4n) is 3.32. The summed E-state index contributed by atoms with van der Waals surface area (Å²) in [5, 5.41) is 5.09. The number of nitrogens with one attached hydrogen (secondary N) is 1. The fraction of sp³-hybridized carbons (Fsp3) is 0.368. The molecule has 0 aliphatic heterocycles. The highest BCUT2D eigenvalue weighted by Gasteiger charge is 2.20. The summed E-state index contributed by atoms with van der Waals surface area (Å²) in [4.78, 5) is 18.1. The summed E-state index contributed by atoms with van der Waals surface area (Å²) in [6.45, 7) is 2.07. The van der Waals surface area contributed by atoms with Crippen molar-refractivity contribution in [3.63, 3.8) is 0 Å². The van der Waals surface area contributed by atoms with Gasteiger partial charge in [-0.2, -0.15) is 0 Å². The molecule has 2 aromatic heterocycles. The molecule has 4 rings (SSSR count). The molecule has 0 saturated heterocycles. The minimum atomic E-state index is 0.0148. The first-order valence-corrected chi connectivity index (χ1v) is 9.43. The molecule has 1 amide bonds. The number of carbonyl (C=O) groups is 1. The third-order valence-electron chi connectivity index (χ3n) is 4.73. The summed E-state index contributed by atoms with van der Waals surface area (Å²) < 4.78 is 1.91. The molecule has 24 heavy (non-hydrogen) atoms. The third kappa shape index (κ3) is 2.96. The largest absolute Gasteiger partial charge is 0.348 e. The van der Waals surface area contributed by atoms with Gasteiger partial charge < -0.3 is 5.32 Å². The highest BCUT2D eigenvalue weighted by Crippen LogP contribution is 2.24. The minimum Gasteiger partial charge on any atom is -0.348 e. The zero-order chi connectivity index (χ0) is 16.5. The highest BCUT2D eigenvalue weighted by molar-refractivity contribution is 7.15. The van der Waals surface area contributed by atoms with E-state index in [9.17, 15) is 4.79 Å². The molecule has 1 N–H and O–H groups in total. The summed E-state index contributed by atoms with van der Waals surface area (Å²) in [5.74, 6) is 0.0148. The Morgan fingerprint density at radius 1 is 1.21 bits per heavy atom. The van der Waals surface area contributed by atoms with Gasteiger partial charge in [0, 0.05) is 23.2 Å². The Labute approximate surface area is 145 Å². The van der Waals surface area contributed by atoms with Gasteiger partial charge in [-0.05, 0) is 19.8 Å². The number of rotatable bonds is 3. The number of aromatic nitrogens is 2. The summed E-state index contributed by atoms with van der Waals surface area (Å²) in [6.07, 6.45) is 7.87. The van der Waals surface area contributed by atoms with Gasteiger partial charge in [0.2, 0.25) is 0 Å². The van der Waals surface area contributed by atoms with Crippen molar-refractivity contribution in [3.05, 3.63) is 47.1 Å². The predicted molar refractivity (Wildman–Crippen MR) is 97.6 cm³/mol. The maximum atomic E-state index is 12.6. The van der Waals surface area contributed by atoms with Crippen LogP contribution in [0.3, 0.4) is 0 Å². The van der Waals surface area contributed by atoms with E-state index in [1.165, 1.54) is 36.2 Å². The Morgan fingerprint density at radius 3 is 2.71 bits per heavy atom. The van der Waals surface area contributed by atoms with Crippen LogP contribution in [0.4, 0.5) is 0 Å². The van der Waals surface area contributed by atoms with Crippen molar-refractivity contribution in [3.8, 4) is 11.3 Å². The van der Waals surface area contributed by atoms with E-state index in [0.29, 0.717) is 11.7 Å². The predicted octanol–water partition coefficient (Wildman–Crippen LogP) is 4.43. The zero-order valence-corrected chi connectivity index (χ0v) is 14.6. The zero-order valence-electron chi connectivity index (χ0n) is 13.8. The van der Waals surface area contributed by atoms with E-state index in [2.05, 4.69) is 41.5 Å². The molecule has 0 spiro atoms. The quantitative estimate of drug-likeness (QED) is 0.767. The van der Waals surface area contributed by atoms with Gasteiger partial charge in [0.1, 0.15) is 5.69 Å². The molecule has 124 valence electrons. The molecule has 0 radical (unpaired) electrons. The SMILES string of the molecule is Cc1ccc(-c2cn3c(C(=O)NC4CCCCC4)csc3n2)cc1. The van der Waals surface area contributed by atoms with E-state index in [0.717, 1.165) is 29.1 Å². The molecule has 1 fully saturated rings. The van der Waals surface area contributed by atoms with Crippen LogP contribution in [0.1, 0.15) is 48.2 Å². The van der Waals surface area contributed by atoms with Crippen LogP contribution in [0.25, 0.3) is 16.2 Å². The number of imidazole rings is 1. The Morgan fingerprint density at radius 2 is 1.96 bits per heavy atom. The molecule has 3 aromatic rings. The number of hydrogen-bond acceptors (Lipinski definition) is 3. The second-order valence-electron chi connectivity index (χ2n) is 6.57. The molecular formula is C19H21N3OS. The first-order chi connectivity index (χ1) is 11.7. The van der Waals surface area contributed by atoms with Crippen LogP contribution in [-0.4, -0.2) is 21.3 Å². The fourth-order valence-corrected chi connectivity index (χ4v) is 4.17. The first kappa shape index (κ1) is 15.4. The Kier molecular flexibility index (Phi) is 4.10. The van der Waals surface area contributed by atoms with Gasteiger partial charge in [0.05, 0.1) is 5.69 Å². The molecule has 4 nitrogen and oxygen atoms in total. The molecule has 5 heteroatoms. The van der Waals surface area contributed by atoms with Crippen LogP contribution >= 0.6 is 11.3 Å². The van der Waals surface area contributed by atoms with Crippen molar-refractivity contribution in [2.45, 2.75) is 45.1 Å². The van der Waals surface area contributed by atoms with Gasteiger partial charge in [-0.25, -0.2) is 4.98 Å². The number of aryl methyl sites for hydroxylation is 1. The number of carbonyl (C=O) groups excluding carboxylic acids is 1. The van der Waals surface area contributed by atoms with Crippen molar-refractivity contribution in [1.82, 2.24) is 14.7 Å². The van der Waals surface area contributed by atoms with Gasteiger partial charge >= 0.3 is 0 Å². The molecule has 0 bridgehead atoms. The Balaban J connectivity index is 1.59. The first-order valence-electron chi connectivity index (χ1n) is 8.55. The molecule has 0 unspecified atom stereocenters. The maximum absolute atomic E-state index is 12.6. The van der Waals surface area contributed by atoms with Gasteiger partial charge in [0.25, 0.3) is 5.91 Å². The topological polar surface area (TPSA) is 46.4 Å².